The molecule has 0 radical (unpaired) electrons. The standard InChI is InChI=1S/C16H19BrN4O4.C16H21BrN4O2/c1-16(2,3)25-15(22)19-7-6-18-14-11-8-10(17)4-5-12(11)20-9-13(14)21(23)24;1-16(2,3)23-15(22)20-7-6-19-14-11-8-10(17)4-5-13(11)21-9-12(14)18/h4-5,8-9H,6-7H2,1-3H3,(H,18,20)(H,19,22);4-5,8-9H,6-7,18H2,1-3H3,(H,19,21)(H,20,22). The first-order valence-corrected chi connectivity index (χ1v) is 16.5. The normalized spacial score (nSPS) is 11.2. The fourth-order valence-electron chi connectivity index (χ4n) is 4.19. The number of nitrogen functional groups attached to an aromatic ring is 1. The van der Waals surface area contributed by atoms with E-state index >= 15 is 0 Å². The highest BCUT2D eigenvalue weighted by atomic mass is 79.9. The number of carbonyl (C=O) groups excluding carboxylic acids is 2. The number of fused-ring (bicyclic) bond motifs is 2. The van der Waals surface area contributed by atoms with E-state index in [1.807, 2.05) is 45.0 Å². The van der Waals surface area contributed by atoms with Crippen molar-refractivity contribution < 1.29 is 24.0 Å². The van der Waals surface area contributed by atoms with Gasteiger partial charge in [-0.3, -0.25) is 15.1 Å². The first kappa shape index (κ1) is 38.0. The molecule has 14 nitrogen and oxygen atoms in total. The van der Waals surface area contributed by atoms with Crippen LogP contribution in [0.1, 0.15) is 41.5 Å². The fraction of sp³-hybridized carbons (Fsp3) is 0.375. The Morgan fingerprint density at radius 3 is 1.67 bits per heavy atom. The maximum atomic E-state index is 11.6. The summed E-state index contributed by atoms with van der Waals surface area (Å²) < 4.78 is 12.1. The van der Waals surface area contributed by atoms with Crippen molar-refractivity contribution in [3.05, 3.63) is 67.9 Å². The molecule has 0 saturated heterocycles. The van der Waals surface area contributed by atoms with E-state index in [1.165, 1.54) is 6.20 Å². The number of ether oxygens (including phenoxy) is 2. The molecule has 2 aromatic carbocycles. The van der Waals surface area contributed by atoms with Crippen LogP contribution < -0.4 is 27.0 Å². The number of rotatable bonds is 9. The van der Waals surface area contributed by atoms with Crippen molar-refractivity contribution in [2.45, 2.75) is 52.7 Å². The van der Waals surface area contributed by atoms with Gasteiger partial charge in [0, 0.05) is 45.9 Å². The SMILES string of the molecule is CC(C)(C)OC(=O)NCCNc1c(N)cnc2ccc(Br)cc12.CC(C)(C)OC(=O)NCCNc1c([N+](=O)[O-])cnc2ccc(Br)cc12. The molecule has 4 aromatic rings. The molecule has 0 atom stereocenters. The van der Waals surface area contributed by atoms with Gasteiger partial charge in [-0.2, -0.15) is 0 Å². The zero-order valence-electron chi connectivity index (χ0n) is 27.6. The van der Waals surface area contributed by atoms with Gasteiger partial charge in [-0.1, -0.05) is 31.9 Å². The lowest BCUT2D eigenvalue weighted by Gasteiger charge is -2.20. The first-order chi connectivity index (χ1) is 22.4. The number of halogens is 2. The van der Waals surface area contributed by atoms with Crippen molar-refractivity contribution in [2.75, 3.05) is 42.5 Å². The van der Waals surface area contributed by atoms with E-state index in [9.17, 15) is 19.7 Å². The number of aromatic nitrogens is 2. The Morgan fingerprint density at radius 1 is 0.771 bits per heavy atom. The van der Waals surface area contributed by atoms with Crippen LogP contribution in [0, 0.1) is 10.1 Å². The number of alkyl carbamates (subject to hydrolysis) is 2. The molecule has 0 aliphatic rings. The lowest BCUT2D eigenvalue weighted by molar-refractivity contribution is -0.384. The predicted octanol–water partition coefficient (Wildman–Crippen LogP) is 7.36. The van der Waals surface area contributed by atoms with E-state index in [1.54, 1.807) is 39.1 Å². The molecule has 0 aliphatic heterocycles. The minimum Gasteiger partial charge on any atom is -0.444 e. The van der Waals surface area contributed by atoms with Gasteiger partial charge in [0.25, 0.3) is 0 Å². The number of hydrogen-bond donors (Lipinski definition) is 5. The van der Waals surface area contributed by atoms with Crippen LogP contribution in [0.3, 0.4) is 0 Å². The van der Waals surface area contributed by atoms with Gasteiger partial charge in [0.05, 0.1) is 33.5 Å². The fourth-order valence-corrected chi connectivity index (χ4v) is 4.91. The van der Waals surface area contributed by atoms with Crippen LogP contribution in [-0.2, 0) is 9.47 Å². The highest BCUT2D eigenvalue weighted by molar-refractivity contribution is 9.10. The molecule has 4 rings (SSSR count). The molecule has 0 bridgehead atoms. The second kappa shape index (κ2) is 16.6. The van der Waals surface area contributed by atoms with Crippen LogP contribution in [0.4, 0.5) is 32.3 Å². The predicted molar refractivity (Wildman–Crippen MR) is 195 cm³/mol. The van der Waals surface area contributed by atoms with Gasteiger partial charge >= 0.3 is 17.9 Å². The molecule has 2 aromatic heterocycles. The summed E-state index contributed by atoms with van der Waals surface area (Å²) in [5.41, 5.74) is 8.02. The van der Waals surface area contributed by atoms with Crippen LogP contribution in [0.25, 0.3) is 21.8 Å². The quantitative estimate of drug-likeness (QED) is 0.0646. The maximum absolute atomic E-state index is 11.6. The minimum absolute atomic E-state index is 0.122. The molecule has 0 aliphatic carbocycles. The third kappa shape index (κ3) is 12.0. The van der Waals surface area contributed by atoms with E-state index in [4.69, 9.17) is 15.2 Å². The van der Waals surface area contributed by atoms with Gasteiger partial charge in [0.2, 0.25) is 0 Å². The van der Waals surface area contributed by atoms with Crippen molar-refractivity contribution in [1.29, 1.82) is 0 Å². The Hall–Kier alpha value is -4.44. The summed E-state index contributed by atoms with van der Waals surface area (Å²) in [6, 6.07) is 11.2. The largest absolute Gasteiger partial charge is 0.444 e. The van der Waals surface area contributed by atoms with Gasteiger partial charge in [-0.15, -0.1) is 0 Å². The summed E-state index contributed by atoms with van der Waals surface area (Å²) in [4.78, 5) is 42.4. The van der Waals surface area contributed by atoms with Gasteiger partial charge in [0.1, 0.15) is 23.1 Å². The number of anilines is 3. The summed E-state index contributed by atoms with van der Waals surface area (Å²) in [6.45, 7) is 12.3. The third-order valence-corrected chi connectivity index (χ3v) is 7.04. The number of benzene rings is 2. The number of nitrogens with zero attached hydrogens (tertiary/aromatic N) is 3. The molecular formula is C32H40Br2N8O6. The molecule has 16 heteroatoms. The Balaban J connectivity index is 0.000000261. The van der Waals surface area contributed by atoms with Crippen molar-refractivity contribution in [1.82, 2.24) is 20.6 Å². The molecule has 2 heterocycles. The van der Waals surface area contributed by atoms with Gasteiger partial charge in [-0.25, -0.2) is 14.6 Å². The van der Waals surface area contributed by atoms with Crippen LogP contribution in [-0.4, -0.2) is 64.5 Å². The van der Waals surface area contributed by atoms with Crippen LogP contribution in [0.15, 0.2) is 57.7 Å². The Labute approximate surface area is 295 Å². The second-order valence-corrected chi connectivity index (χ2v) is 14.2. The van der Waals surface area contributed by atoms with Gasteiger partial charge in [0.15, 0.2) is 0 Å². The average Bonchev–Trinajstić information content (AvgIpc) is 2.96. The molecular weight excluding hydrogens is 752 g/mol. The van der Waals surface area contributed by atoms with E-state index in [-0.39, 0.29) is 12.2 Å². The van der Waals surface area contributed by atoms with Crippen molar-refractivity contribution >= 4 is 88.6 Å². The van der Waals surface area contributed by atoms with Gasteiger partial charge < -0.3 is 36.5 Å². The summed E-state index contributed by atoms with van der Waals surface area (Å²) >= 11 is 6.81. The van der Waals surface area contributed by atoms with Crippen molar-refractivity contribution in [3.63, 3.8) is 0 Å². The zero-order chi connectivity index (χ0) is 35.6. The number of pyridine rings is 2. The molecule has 6 N–H and O–H groups in total. The lowest BCUT2D eigenvalue weighted by Crippen LogP contribution is -2.35. The summed E-state index contributed by atoms with van der Waals surface area (Å²) in [5, 5.41) is 24.4. The summed E-state index contributed by atoms with van der Waals surface area (Å²) in [5.74, 6) is 0. The number of nitrogens with one attached hydrogen (secondary N) is 4. The number of nitro groups is 1. The van der Waals surface area contributed by atoms with E-state index in [0.29, 0.717) is 41.9 Å². The number of carbonyl (C=O) groups is 2. The number of amides is 2. The highest BCUT2D eigenvalue weighted by Gasteiger charge is 2.19. The summed E-state index contributed by atoms with van der Waals surface area (Å²) in [7, 11) is 0. The van der Waals surface area contributed by atoms with Crippen molar-refractivity contribution in [3.8, 4) is 0 Å². The second-order valence-electron chi connectivity index (χ2n) is 12.4. The molecule has 258 valence electrons. The molecule has 48 heavy (non-hydrogen) atoms. The minimum atomic E-state index is -0.579. The lowest BCUT2D eigenvalue weighted by atomic mass is 10.1. The van der Waals surface area contributed by atoms with E-state index in [0.717, 1.165) is 25.5 Å². The summed E-state index contributed by atoms with van der Waals surface area (Å²) in [6.07, 6.45) is 1.88. The maximum Gasteiger partial charge on any atom is 0.407 e. The average molecular weight is 793 g/mol. The Bertz CT molecular complexity index is 1770. The number of hydrogen-bond acceptors (Lipinski definition) is 11. The molecule has 0 saturated carbocycles. The van der Waals surface area contributed by atoms with E-state index < -0.39 is 28.3 Å². The van der Waals surface area contributed by atoms with Crippen LogP contribution in [0.5, 0.6) is 0 Å². The molecule has 0 spiro atoms. The smallest absolute Gasteiger partial charge is 0.407 e. The van der Waals surface area contributed by atoms with Crippen molar-refractivity contribution in [2.24, 2.45) is 0 Å². The zero-order valence-corrected chi connectivity index (χ0v) is 30.7. The van der Waals surface area contributed by atoms with Gasteiger partial charge in [-0.05, 0) is 77.9 Å². The van der Waals surface area contributed by atoms with Crippen LogP contribution >= 0.6 is 31.9 Å². The Kier molecular flexibility index (Phi) is 13.1. The van der Waals surface area contributed by atoms with E-state index in [2.05, 4.69) is 63.1 Å². The monoisotopic (exact) mass is 790 g/mol. The molecule has 0 unspecified atom stereocenters. The topological polar surface area (TPSA) is 196 Å². The number of nitrogens with two attached hydrogens (primary N) is 1. The molecule has 0 fully saturated rings. The highest BCUT2D eigenvalue weighted by Crippen LogP contribution is 2.33. The molecule has 2 amide bonds. The third-order valence-electron chi connectivity index (χ3n) is 6.06. The first-order valence-electron chi connectivity index (χ1n) is 14.9. The Morgan fingerprint density at radius 2 is 1.21 bits per heavy atom. The van der Waals surface area contributed by atoms with Crippen LogP contribution in [0.2, 0.25) is 0 Å².